The highest BCUT2D eigenvalue weighted by Gasteiger charge is 2.27. The van der Waals surface area contributed by atoms with Crippen LogP contribution in [0.3, 0.4) is 0 Å². The van der Waals surface area contributed by atoms with Crippen LogP contribution in [0.1, 0.15) is 23.6 Å². The number of aliphatic imine (C=N–C) groups is 1. The fourth-order valence-corrected chi connectivity index (χ4v) is 3.84. The van der Waals surface area contributed by atoms with Crippen LogP contribution in [-0.2, 0) is 16.1 Å². The molecule has 0 radical (unpaired) electrons. The number of halogens is 2. The van der Waals surface area contributed by atoms with Gasteiger partial charge < -0.3 is 14.2 Å². The lowest BCUT2D eigenvalue weighted by atomic mass is 10.1. The molecule has 1 heterocycles. The van der Waals surface area contributed by atoms with Crippen molar-refractivity contribution in [3.8, 4) is 11.5 Å². The van der Waals surface area contributed by atoms with Crippen LogP contribution in [0.15, 0.2) is 75.8 Å². The van der Waals surface area contributed by atoms with Gasteiger partial charge in [0.1, 0.15) is 6.61 Å². The van der Waals surface area contributed by atoms with Crippen molar-refractivity contribution in [3.05, 3.63) is 103 Å². The molecule has 0 saturated carbocycles. The number of hydrogen-bond donors (Lipinski definition) is 0. The normalized spacial score (nSPS) is 14.0. The first kappa shape index (κ1) is 24.4. The van der Waals surface area contributed by atoms with E-state index in [1.54, 1.807) is 18.2 Å². The lowest BCUT2D eigenvalue weighted by Crippen LogP contribution is -2.06. The Morgan fingerprint density at radius 2 is 1.91 bits per heavy atom. The van der Waals surface area contributed by atoms with Crippen LogP contribution >= 0.6 is 27.5 Å². The molecule has 1 aliphatic heterocycles. The summed E-state index contributed by atoms with van der Waals surface area (Å²) in [7, 11) is 0. The van der Waals surface area contributed by atoms with Crippen LogP contribution in [0.25, 0.3) is 6.08 Å². The fraction of sp³-hybridized carbons (Fsp3) is 0.120. The number of rotatable bonds is 8. The molecular formula is C25H18BrClN2O6. The third kappa shape index (κ3) is 5.70. The predicted molar refractivity (Wildman–Crippen MR) is 135 cm³/mol. The minimum atomic E-state index is -0.699. The first-order valence-corrected chi connectivity index (χ1v) is 11.6. The average molecular weight is 558 g/mol. The maximum atomic E-state index is 12.4. The average Bonchev–Trinajstić information content (AvgIpc) is 3.19. The molecule has 3 aromatic carbocycles. The maximum absolute atomic E-state index is 12.4. The SMILES string of the molecule is CCOc1cc(/C=C2\N=C(c3cc([N+](=O)[O-])ccc3Cl)OC2=O)ccc1OCc1ccccc1Br. The highest BCUT2D eigenvalue weighted by molar-refractivity contribution is 9.10. The molecule has 3 aromatic rings. The molecule has 0 aromatic heterocycles. The van der Waals surface area contributed by atoms with E-state index in [-0.39, 0.29) is 27.9 Å². The van der Waals surface area contributed by atoms with E-state index in [9.17, 15) is 14.9 Å². The topological polar surface area (TPSA) is 100 Å². The van der Waals surface area contributed by atoms with E-state index < -0.39 is 10.9 Å². The zero-order valence-electron chi connectivity index (χ0n) is 18.4. The second kappa shape index (κ2) is 10.7. The summed E-state index contributed by atoms with van der Waals surface area (Å²) in [5.74, 6) is 0.251. The Morgan fingerprint density at radius 3 is 2.66 bits per heavy atom. The third-order valence-electron chi connectivity index (χ3n) is 4.92. The molecular weight excluding hydrogens is 540 g/mol. The number of nitrogens with zero attached hydrogens (tertiary/aromatic N) is 2. The van der Waals surface area contributed by atoms with E-state index in [1.165, 1.54) is 24.3 Å². The highest BCUT2D eigenvalue weighted by Crippen LogP contribution is 2.32. The van der Waals surface area contributed by atoms with Gasteiger partial charge in [0.05, 0.1) is 22.1 Å². The van der Waals surface area contributed by atoms with Gasteiger partial charge in [-0.05, 0) is 42.8 Å². The second-order valence-corrected chi connectivity index (χ2v) is 8.54. The summed E-state index contributed by atoms with van der Waals surface area (Å²) < 4.78 is 17.9. The van der Waals surface area contributed by atoms with Crippen LogP contribution in [0.5, 0.6) is 11.5 Å². The summed E-state index contributed by atoms with van der Waals surface area (Å²) in [6, 6.07) is 16.8. The van der Waals surface area contributed by atoms with Gasteiger partial charge in [0.2, 0.25) is 5.90 Å². The van der Waals surface area contributed by atoms with Gasteiger partial charge in [-0.15, -0.1) is 0 Å². The zero-order valence-corrected chi connectivity index (χ0v) is 20.7. The molecule has 10 heteroatoms. The van der Waals surface area contributed by atoms with Gasteiger partial charge in [-0.1, -0.05) is 51.8 Å². The Hall–Kier alpha value is -3.69. The molecule has 0 aliphatic carbocycles. The number of nitro benzene ring substituents is 1. The van der Waals surface area contributed by atoms with E-state index >= 15 is 0 Å². The Balaban J connectivity index is 1.60. The number of carbonyl (C=O) groups is 1. The molecule has 0 spiro atoms. The van der Waals surface area contributed by atoms with Crippen molar-refractivity contribution in [2.75, 3.05) is 6.61 Å². The number of nitro groups is 1. The van der Waals surface area contributed by atoms with Crippen molar-refractivity contribution in [3.63, 3.8) is 0 Å². The Morgan fingerprint density at radius 1 is 1.11 bits per heavy atom. The number of hydrogen-bond acceptors (Lipinski definition) is 7. The minimum Gasteiger partial charge on any atom is -0.490 e. The third-order valence-corrected chi connectivity index (χ3v) is 6.03. The molecule has 0 saturated heterocycles. The number of ether oxygens (including phenoxy) is 3. The van der Waals surface area contributed by atoms with Crippen LogP contribution in [-0.4, -0.2) is 23.4 Å². The molecule has 8 nitrogen and oxygen atoms in total. The molecule has 35 heavy (non-hydrogen) atoms. The quantitative estimate of drug-likeness (QED) is 0.139. The minimum absolute atomic E-state index is 0.0203. The number of esters is 1. The van der Waals surface area contributed by atoms with Crippen molar-refractivity contribution in [1.82, 2.24) is 0 Å². The van der Waals surface area contributed by atoms with E-state index in [0.717, 1.165) is 10.0 Å². The number of benzene rings is 3. The van der Waals surface area contributed by atoms with E-state index in [0.29, 0.717) is 30.3 Å². The van der Waals surface area contributed by atoms with E-state index in [4.69, 9.17) is 25.8 Å². The highest BCUT2D eigenvalue weighted by atomic mass is 79.9. The lowest BCUT2D eigenvalue weighted by molar-refractivity contribution is -0.384. The summed E-state index contributed by atoms with van der Waals surface area (Å²) >= 11 is 9.65. The molecule has 0 amide bonds. The summed E-state index contributed by atoms with van der Waals surface area (Å²) in [5.41, 5.74) is 1.59. The van der Waals surface area contributed by atoms with Crippen LogP contribution in [0, 0.1) is 10.1 Å². The molecule has 0 fully saturated rings. The van der Waals surface area contributed by atoms with Gasteiger partial charge in [0, 0.05) is 22.2 Å². The Kier molecular flexibility index (Phi) is 7.48. The molecule has 0 atom stereocenters. The number of carbonyl (C=O) groups excluding carboxylic acids is 1. The Bertz CT molecular complexity index is 1370. The van der Waals surface area contributed by atoms with Gasteiger partial charge in [-0.2, -0.15) is 0 Å². The fourth-order valence-electron chi connectivity index (χ4n) is 3.25. The Labute approximate surface area is 214 Å². The number of non-ortho nitro benzene ring substituents is 1. The van der Waals surface area contributed by atoms with Crippen molar-refractivity contribution < 1.29 is 23.9 Å². The van der Waals surface area contributed by atoms with Gasteiger partial charge >= 0.3 is 5.97 Å². The van der Waals surface area contributed by atoms with Crippen LogP contribution in [0.2, 0.25) is 5.02 Å². The standard InChI is InChI=1S/C25H18BrClN2O6/c1-2-33-23-12-15(7-10-22(23)34-14-16-5-3-4-6-19(16)26)11-21-25(30)35-24(28-21)18-13-17(29(31)32)8-9-20(18)27/h3-13H,2,14H2,1H3/b21-11-. The van der Waals surface area contributed by atoms with Crippen molar-refractivity contribution in [2.24, 2.45) is 4.99 Å². The smallest absolute Gasteiger partial charge is 0.363 e. The van der Waals surface area contributed by atoms with Crippen LogP contribution in [0.4, 0.5) is 5.69 Å². The van der Waals surface area contributed by atoms with Crippen molar-refractivity contribution in [1.29, 1.82) is 0 Å². The van der Waals surface area contributed by atoms with Gasteiger partial charge in [-0.25, -0.2) is 9.79 Å². The zero-order chi connectivity index (χ0) is 24.9. The molecule has 0 bridgehead atoms. The summed E-state index contributed by atoms with van der Waals surface area (Å²) in [5, 5.41) is 11.3. The van der Waals surface area contributed by atoms with E-state index in [1.807, 2.05) is 31.2 Å². The summed E-state index contributed by atoms with van der Waals surface area (Å²) in [4.78, 5) is 27.1. The van der Waals surface area contributed by atoms with Gasteiger partial charge in [0.15, 0.2) is 17.2 Å². The summed E-state index contributed by atoms with van der Waals surface area (Å²) in [6.07, 6.45) is 1.53. The largest absolute Gasteiger partial charge is 0.490 e. The summed E-state index contributed by atoms with van der Waals surface area (Å²) in [6.45, 7) is 2.61. The monoisotopic (exact) mass is 556 g/mol. The maximum Gasteiger partial charge on any atom is 0.363 e. The molecule has 0 N–H and O–H groups in total. The molecule has 1 aliphatic rings. The van der Waals surface area contributed by atoms with Crippen molar-refractivity contribution in [2.45, 2.75) is 13.5 Å². The predicted octanol–water partition coefficient (Wildman–Crippen LogP) is 6.33. The first-order chi connectivity index (χ1) is 16.9. The first-order valence-electron chi connectivity index (χ1n) is 10.5. The van der Waals surface area contributed by atoms with Gasteiger partial charge in [0.25, 0.3) is 5.69 Å². The molecule has 0 unspecified atom stereocenters. The lowest BCUT2D eigenvalue weighted by Gasteiger charge is -2.13. The molecule has 178 valence electrons. The van der Waals surface area contributed by atoms with Gasteiger partial charge in [-0.3, -0.25) is 10.1 Å². The number of cyclic esters (lactones) is 1. The van der Waals surface area contributed by atoms with Crippen molar-refractivity contribution >= 4 is 51.2 Å². The van der Waals surface area contributed by atoms with Crippen LogP contribution < -0.4 is 9.47 Å². The van der Waals surface area contributed by atoms with E-state index in [2.05, 4.69) is 20.9 Å². The molecule has 4 rings (SSSR count). The second-order valence-electron chi connectivity index (χ2n) is 7.28.